The molecule has 0 spiro atoms. The van der Waals surface area contributed by atoms with Crippen molar-refractivity contribution in [3.8, 4) is 0 Å². The first kappa shape index (κ1) is 38.6. The lowest BCUT2D eigenvalue weighted by Gasteiger charge is -2.42. The van der Waals surface area contributed by atoms with Gasteiger partial charge in [-0.25, -0.2) is 8.78 Å². The van der Waals surface area contributed by atoms with Crippen molar-refractivity contribution in [3.05, 3.63) is 106 Å². The SMILES string of the molecule is CCCN(CCC)C(=O)c1cc(C)cc(C(=O)N[C@@H](Cc2cc(F)cc(F)c2)[C@H](O)[C@@H]2N[C@@H](CC(O)CO)CN(Cc3ccccc3)C2=O)c1. The fraction of sp³-hybridized carbons (Fsp3) is 0.447. The van der Waals surface area contributed by atoms with Gasteiger partial charge in [0.2, 0.25) is 5.91 Å². The predicted octanol–water partition coefficient (Wildman–Crippen LogP) is 3.35. The van der Waals surface area contributed by atoms with E-state index in [1.54, 1.807) is 24.0 Å². The molecule has 5 atom stereocenters. The van der Waals surface area contributed by atoms with Gasteiger partial charge in [-0.05, 0) is 79.6 Å². The molecule has 1 unspecified atom stereocenters. The van der Waals surface area contributed by atoms with E-state index in [9.17, 15) is 38.5 Å². The van der Waals surface area contributed by atoms with Crippen molar-refractivity contribution in [2.24, 2.45) is 0 Å². The molecule has 0 aromatic heterocycles. The van der Waals surface area contributed by atoms with Gasteiger partial charge in [-0.3, -0.25) is 19.7 Å². The fourth-order valence-corrected chi connectivity index (χ4v) is 6.47. The summed E-state index contributed by atoms with van der Waals surface area (Å²) in [6.07, 6.45) is -1.35. The van der Waals surface area contributed by atoms with E-state index in [1.165, 1.54) is 11.0 Å². The highest BCUT2D eigenvalue weighted by Crippen LogP contribution is 2.21. The number of aliphatic hydroxyl groups is 3. The van der Waals surface area contributed by atoms with Gasteiger partial charge in [-0.1, -0.05) is 44.2 Å². The Hall–Kier alpha value is -4.23. The van der Waals surface area contributed by atoms with Gasteiger partial charge in [0, 0.05) is 49.4 Å². The van der Waals surface area contributed by atoms with Crippen LogP contribution < -0.4 is 10.6 Å². The molecule has 3 aromatic rings. The van der Waals surface area contributed by atoms with Crippen molar-refractivity contribution in [2.45, 2.75) is 83.3 Å². The first-order chi connectivity index (χ1) is 23.9. The molecular weight excluding hydrogens is 646 g/mol. The molecule has 3 aromatic carbocycles. The Morgan fingerprint density at radius 1 is 0.960 bits per heavy atom. The van der Waals surface area contributed by atoms with E-state index in [0.29, 0.717) is 30.3 Å². The fourth-order valence-electron chi connectivity index (χ4n) is 6.47. The zero-order valence-electron chi connectivity index (χ0n) is 28.8. The second-order valence-corrected chi connectivity index (χ2v) is 13.1. The van der Waals surface area contributed by atoms with E-state index in [4.69, 9.17) is 0 Å². The number of nitrogens with one attached hydrogen (secondary N) is 2. The zero-order valence-corrected chi connectivity index (χ0v) is 28.8. The molecule has 10 nitrogen and oxygen atoms in total. The van der Waals surface area contributed by atoms with Crippen molar-refractivity contribution in [1.29, 1.82) is 0 Å². The van der Waals surface area contributed by atoms with Crippen molar-refractivity contribution in [1.82, 2.24) is 20.4 Å². The van der Waals surface area contributed by atoms with E-state index in [0.717, 1.165) is 30.5 Å². The maximum atomic E-state index is 14.3. The maximum Gasteiger partial charge on any atom is 0.253 e. The highest BCUT2D eigenvalue weighted by Gasteiger charge is 2.42. The molecule has 1 saturated heterocycles. The smallest absolute Gasteiger partial charge is 0.253 e. The summed E-state index contributed by atoms with van der Waals surface area (Å²) in [5.41, 5.74) is 2.09. The molecule has 1 aliphatic rings. The molecule has 3 amide bonds. The number of aryl methyl sites for hydroxylation is 1. The Labute approximate surface area is 292 Å². The highest BCUT2D eigenvalue weighted by molar-refractivity contribution is 6.00. The maximum absolute atomic E-state index is 14.3. The Morgan fingerprint density at radius 3 is 2.22 bits per heavy atom. The van der Waals surface area contributed by atoms with Crippen LogP contribution in [0.3, 0.4) is 0 Å². The van der Waals surface area contributed by atoms with Crippen molar-refractivity contribution in [3.63, 3.8) is 0 Å². The Bertz CT molecular complexity index is 1580. The molecule has 0 radical (unpaired) electrons. The van der Waals surface area contributed by atoms with Crippen LogP contribution >= 0.6 is 0 Å². The first-order valence-electron chi connectivity index (χ1n) is 17.1. The highest BCUT2D eigenvalue weighted by atomic mass is 19.1. The Balaban J connectivity index is 1.67. The third-order valence-corrected chi connectivity index (χ3v) is 8.73. The van der Waals surface area contributed by atoms with Gasteiger partial charge in [-0.2, -0.15) is 0 Å². The molecule has 12 heteroatoms. The minimum absolute atomic E-state index is 0.0671. The Kier molecular flexibility index (Phi) is 14.0. The van der Waals surface area contributed by atoms with Crippen molar-refractivity contribution >= 4 is 17.7 Å². The van der Waals surface area contributed by atoms with Crippen LogP contribution in [0.2, 0.25) is 0 Å². The van der Waals surface area contributed by atoms with E-state index in [2.05, 4.69) is 10.6 Å². The summed E-state index contributed by atoms with van der Waals surface area (Å²) in [4.78, 5) is 44.5. The number of hydrogen-bond acceptors (Lipinski definition) is 7. The van der Waals surface area contributed by atoms with Gasteiger partial charge in [0.05, 0.1) is 24.9 Å². The van der Waals surface area contributed by atoms with Crippen LogP contribution in [0.25, 0.3) is 0 Å². The monoisotopic (exact) mass is 694 g/mol. The molecule has 4 rings (SSSR count). The summed E-state index contributed by atoms with van der Waals surface area (Å²) in [6.45, 7) is 6.70. The number of carbonyl (C=O) groups is 3. The van der Waals surface area contributed by atoms with E-state index in [-0.39, 0.29) is 43.0 Å². The summed E-state index contributed by atoms with van der Waals surface area (Å²) >= 11 is 0. The van der Waals surface area contributed by atoms with Crippen molar-refractivity contribution in [2.75, 3.05) is 26.2 Å². The lowest BCUT2D eigenvalue weighted by Crippen LogP contribution is -2.67. The summed E-state index contributed by atoms with van der Waals surface area (Å²) in [5.74, 6) is -3.04. The van der Waals surface area contributed by atoms with Gasteiger partial charge < -0.3 is 30.4 Å². The first-order valence-corrected chi connectivity index (χ1v) is 17.1. The van der Waals surface area contributed by atoms with E-state index in [1.807, 2.05) is 44.2 Å². The largest absolute Gasteiger partial charge is 0.394 e. The van der Waals surface area contributed by atoms with Gasteiger partial charge in [0.1, 0.15) is 17.7 Å². The summed E-state index contributed by atoms with van der Waals surface area (Å²) in [7, 11) is 0. The molecule has 0 aliphatic carbocycles. The number of nitrogens with zero attached hydrogens (tertiary/aromatic N) is 2. The van der Waals surface area contributed by atoms with Crippen LogP contribution in [-0.2, 0) is 17.8 Å². The van der Waals surface area contributed by atoms with Gasteiger partial charge >= 0.3 is 0 Å². The predicted molar refractivity (Wildman–Crippen MR) is 185 cm³/mol. The van der Waals surface area contributed by atoms with Crippen LogP contribution in [0.5, 0.6) is 0 Å². The number of carbonyl (C=O) groups excluding carboxylic acids is 3. The summed E-state index contributed by atoms with van der Waals surface area (Å²) in [6, 6.07) is 13.8. The molecular formula is C38H48F2N4O6. The molecule has 1 aliphatic heterocycles. The molecule has 270 valence electrons. The number of aliphatic hydroxyl groups excluding tert-OH is 3. The third kappa shape index (κ3) is 10.4. The van der Waals surface area contributed by atoms with Crippen LogP contribution in [-0.4, -0.2) is 99.4 Å². The number of hydrogen-bond donors (Lipinski definition) is 5. The average Bonchev–Trinajstić information content (AvgIpc) is 3.08. The minimum atomic E-state index is -1.61. The standard InChI is InChI=1S/C38H48F2N4O6/c1-4-11-43(12-5-2)37(49)28-14-24(3)13-27(18-28)36(48)42-33(17-26-15-29(39)19-30(40)16-26)35(47)34-38(50)44(21-25-9-7-6-8-10-25)22-31(41-34)20-32(46)23-45/h6-10,13-16,18-19,31-35,41,45-47H,4-5,11-12,17,20-23H2,1-3H3,(H,42,48)/t31-,32?,33-,34-,35-/m0/s1. The topological polar surface area (TPSA) is 142 Å². The number of benzene rings is 3. The minimum Gasteiger partial charge on any atom is -0.394 e. The number of halogens is 2. The van der Waals surface area contributed by atoms with Crippen LogP contribution in [0.4, 0.5) is 8.78 Å². The molecule has 5 N–H and O–H groups in total. The number of rotatable bonds is 16. The number of piperazine rings is 1. The molecule has 50 heavy (non-hydrogen) atoms. The normalized spacial score (nSPS) is 18.0. The third-order valence-electron chi connectivity index (χ3n) is 8.73. The zero-order chi connectivity index (χ0) is 36.4. The van der Waals surface area contributed by atoms with E-state index < -0.39 is 60.4 Å². The van der Waals surface area contributed by atoms with Crippen LogP contribution in [0.15, 0.2) is 66.7 Å². The lowest BCUT2D eigenvalue weighted by molar-refractivity contribution is -0.142. The van der Waals surface area contributed by atoms with Crippen LogP contribution in [0.1, 0.15) is 70.5 Å². The molecule has 1 heterocycles. The van der Waals surface area contributed by atoms with Gasteiger partial charge in [-0.15, -0.1) is 0 Å². The quantitative estimate of drug-likeness (QED) is 0.155. The van der Waals surface area contributed by atoms with E-state index >= 15 is 0 Å². The van der Waals surface area contributed by atoms with Crippen LogP contribution in [0, 0.1) is 18.6 Å². The van der Waals surface area contributed by atoms with Crippen molar-refractivity contribution < 1.29 is 38.5 Å². The average molecular weight is 695 g/mol. The molecule has 1 fully saturated rings. The number of amides is 3. The molecule has 0 bridgehead atoms. The molecule has 0 saturated carbocycles. The Morgan fingerprint density at radius 2 is 1.60 bits per heavy atom. The second kappa shape index (κ2) is 18.1. The summed E-state index contributed by atoms with van der Waals surface area (Å²) in [5, 5.41) is 37.5. The van der Waals surface area contributed by atoms with Gasteiger partial charge in [0.25, 0.3) is 11.8 Å². The summed E-state index contributed by atoms with van der Waals surface area (Å²) < 4.78 is 28.6. The van der Waals surface area contributed by atoms with Gasteiger partial charge in [0.15, 0.2) is 0 Å². The second-order valence-electron chi connectivity index (χ2n) is 13.1. The lowest BCUT2D eigenvalue weighted by atomic mass is 9.91.